The van der Waals surface area contributed by atoms with Gasteiger partial charge < -0.3 is 20.1 Å². The fourth-order valence-corrected chi connectivity index (χ4v) is 6.93. The molecule has 214 valence electrons. The van der Waals surface area contributed by atoms with Crippen molar-refractivity contribution in [1.82, 2.24) is 9.80 Å². The van der Waals surface area contributed by atoms with E-state index in [9.17, 15) is 14.3 Å². The molecule has 2 N–H and O–H groups in total. The number of aliphatic hydroxyl groups excluding tert-OH is 1. The van der Waals surface area contributed by atoms with Crippen molar-refractivity contribution < 1.29 is 19.0 Å². The van der Waals surface area contributed by atoms with E-state index in [4.69, 9.17) is 9.73 Å². The Balaban J connectivity index is 1.27. The molecule has 1 spiro atoms. The van der Waals surface area contributed by atoms with Crippen molar-refractivity contribution in [2.75, 3.05) is 45.2 Å². The number of halogens is 1. The van der Waals surface area contributed by atoms with Gasteiger partial charge in [0.05, 0.1) is 36.8 Å². The van der Waals surface area contributed by atoms with Gasteiger partial charge in [-0.3, -0.25) is 9.89 Å². The highest BCUT2D eigenvalue weighted by Crippen LogP contribution is 2.48. The minimum atomic E-state index is -0.444. The number of carbonyl (C=O) groups excluding carboxylic acids is 1. The van der Waals surface area contributed by atoms with Crippen LogP contribution in [0.25, 0.3) is 5.57 Å². The molecule has 2 saturated heterocycles. The first-order valence-electron chi connectivity index (χ1n) is 14.5. The monoisotopic (exact) mass is 556 g/mol. The molecule has 3 heterocycles. The fourth-order valence-electron chi connectivity index (χ4n) is 6.93. The number of methoxy groups -OCH3 is 1. The minimum Gasteiger partial charge on any atom is -0.497 e. The van der Waals surface area contributed by atoms with Gasteiger partial charge in [0.25, 0.3) is 0 Å². The lowest BCUT2D eigenvalue weighted by Gasteiger charge is -2.53. The molecule has 7 nitrogen and oxygen atoms in total. The normalized spacial score (nSPS) is 21.2. The van der Waals surface area contributed by atoms with Crippen LogP contribution in [0, 0.1) is 11.2 Å². The molecule has 0 aliphatic carbocycles. The van der Waals surface area contributed by atoms with Crippen LogP contribution in [0.3, 0.4) is 0 Å². The highest BCUT2D eigenvalue weighted by Gasteiger charge is 2.51. The maximum Gasteiger partial charge on any atom is 0.321 e. The minimum absolute atomic E-state index is 0.0291. The average Bonchev–Trinajstić information content (AvgIpc) is 3.39. The van der Waals surface area contributed by atoms with Crippen LogP contribution in [-0.4, -0.2) is 72.9 Å². The SMILES string of the molecule is COc1ccc2c(c1)=NC1C=2C2(CCN(C(=O)Nc3ccccc3F)CC2)CN(CCCc2ccccc2)[C@H]1CO. The first-order chi connectivity index (χ1) is 20.0. The third-order valence-electron chi connectivity index (χ3n) is 9.04. The molecule has 0 aromatic heterocycles. The molecule has 2 amide bonds. The number of para-hydroxylation sites is 1. The fraction of sp³-hybridized carbons (Fsp3) is 0.394. The molecule has 2 fully saturated rings. The van der Waals surface area contributed by atoms with Gasteiger partial charge >= 0.3 is 6.03 Å². The third-order valence-corrected chi connectivity index (χ3v) is 9.04. The summed E-state index contributed by atoms with van der Waals surface area (Å²) >= 11 is 0. The van der Waals surface area contributed by atoms with E-state index in [1.165, 1.54) is 17.2 Å². The summed E-state index contributed by atoms with van der Waals surface area (Å²) in [5, 5.41) is 15.4. The number of hydrogen-bond donors (Lipinski definition) is 2. The van der Waals surface area contributed by atoms with Gasteiger partial charge in [0, 0.05) is 36.3 Å². The standard InChI is InChI=1S/C33H37FN4O3/c1-41-24-13-14-25-28(20-24)35-31-29(21-39)38(17-7-10-23-8-3-2-4-9-23)22-33(30(25)31)15-18-37(19-16-33)32(40)36-27-12-6-5-11-26(27)34/h2-6,8-9,11-14,20,29,31,39H,7,10,15-19,21-22H2,1H3,(H,36,40)/t29-,31?/m0/s1. The molecule has 3 aromatic rings. The number of anilines is 1. The lowest BCUT2D eigenvalue weighted by molar-refractivity contribution is 0.0339. The molecule has 1 unspecified atom stereocenters. The zero-order chi connectivity index (χ0) is 28.4. The van der Waals surface area contributed by atoms with Gasteiger partial charge in [-0.2, -0.15) is 0 Å². The third kappa shape index (κ3) is 5.34. The van der Waals surface area contributed by atoms with Crippen molar-refractivity contribution in [3.05, 3.63) is 94.8 Å². The second-order valence-corrected chi connectivity index (χ2v) is 11.4. The van der Waals surface area contributed by atoms with Crippen LogP contribution in [0.2, 0.25) is 0 Å². The summed E-state index contributed by atoms with van der Waals surface area (Å²) in [6.07, 6.45) is 3.51. The van der Waals surface area contributed by atoms with Crippen molar-refractivity contribution in [2.24, 2.45) is 10.4 Å². The van der Waals surface area contributed by atoms with Gasteiger partial charge in [0.15, 0.2) is 0 Å². The molecule has 3 aromatic carbocycles. The van der Waals surface area contributed by atoms with Crippen LogP contribution in [-0.2, 0) is 6.42 Å². The summed E-state index contributed by atoms with van der Waals surface area (Å²) in [5.74, 6) is 0.321. The molecule has 0 bridgehead atoms. The number of ether oxygens (including phenoxy) is 1. The molecular formula is C33H37FN4O3. The Morgan fingerprint density at radius 2 is 1.85 bits per heavy atom. The summed E-state index contributed by atoms with van der Waals surface area (Å²) in [4.78, 5) is 22.5. The van der Waals surface area contributed by atoms with E-state index in [1.54, 1.807) is 30.2 Å². The van der Waals surface area contributed by atoms with E-state index in [0.29, 0.717) is 13.1 Å². The molecule has 0 saturated carbocycles. The molecule has 2 atom stereocenters. The molecule has 3 aliphatic heterocycles. The number of amides is 2. The highest BCUT2D eigenvalue weighted by atomic mass is 19.1. The van der Waals surface area contributed by atoms with Gasteiger partial charge in [-0.05, 0) is 67.6 Å². The Morgan fingerprint density at radius 3 is 2.59 bits per heavy atom. The van der Waals surface area contributed by atoms with Crippen molar-refractivity contribution in [3.8, 4) is 5.75 Å². The molecular weight excluding hydrogens is 519 g/mol. The van der Waals surface area contributed by atoms with Gasteiger partial charge in [0.1, 0.15) is 11.6 Å². The number of hydrogen-bond acceptors (Lipinski definition) is 5. The zero-order valence-corrected chi connectivity index (χ0v) is 23.4. The number of likely N-dealkylation sites (tertiary alicyclic amines) is 2. The van der Waals surface area contributed by atoms with E-state index in [2.05, 4.69) is 40.5 Å². The van der Waals surface area contributed by atoms with Crippen LogP contribution >= 0.6 is 0 Å². The summed E-state index contributed by atoms with van der Waals surface area (Å²) in [7, 11) is 1.66. The smallest absolute Gasteiger partial charge is 0.321 e. The Labute approximate surface area is 240 Å². The first kappa shape index (κ1) is 27.4. The number of nitrogens with one attached hydrogen (secondary N) is 1. The number of benzene rings is 3. The summed E-state index contributed by atoms with van der Waals surface area (Å²) < 4.78 is 19.7. The summed E-state index contributed by atoms with van der Waals surface area (Å²) in [6.45, 7) is 2.82. The lowest BCUT2D eigenvalue weighted by Crippen LogP contribution is -2.61. The van der Waals surface area contributed by atoms with Crippen molar-refractivity contribution in [2.45, 2.75) is 37.8 Å². The number of aliphatic hydroxyl groups is 1. The topological polar surface area (TPSA) is 77.4 Å². The molecule has 8 heteroatoms. The average molecular weight is 557 g/mol. The van der Waals surface area contributed by atoms with Crippen LogP contribution in [0.4, 0.5) is 14.9 Å². The molecule has 3 aliphatic rings. The van der Waals surface area contributed by atoms with Crippen molar-refractivity contribution in [1.29, 1.82) is 0 Å². The van der Waals surface area contributed by atoms with Gasteiger partial charge in [-0.1, -0.05) is 42.5 Å². The highest BCUT2D eigenvalue weighted by molar-refractivity contribution is 5.89. The lowest BCUT2D eigenvalue weighted by atomic mass is 9.65. The van der Waals surface area contributed by atoms with Crippen LogP contribution in [0.15, 0.2) is 77.8 Å². The second kappa shape index (κ2) is 11.6. The van der Waals surface area contributed by atoms with Gasteiger partial charge in [-0.25, -0.2) is 9.18 Å². The Bertz CT molecular complexity index is 1520. The van der Waals surface area contributed by atoms with E-state index in [-0.39, 0.29) is 35.8 Å². The molecule has 41 heavy (non-hydrogen) atoms. The number of rotatable bonds is 7. The van der Waals surface area contributed by atoms with Crippen molar-refractivity contribution in [3.63, 3.8) is 0 Å². The second-order valence-electron chi connectivity index (χ2n) is 11.4. The quantitative estimate of drug-likeness (QED) is 0.466. The summed E-state index contributed by atoms with van der Waals surface area (Å²) in [6, 6.07) is 22.3. The van der Waals surface area contributed by atoms with Gasteiger partial charge in [-0.15, -0.1) is 0 Å². The zero-order valence-electron chi connectivity index (χ0n) is 23.4. The predicted octanol–water partition coefficient (Wildman–Crippen LogP) is 3.61. The first-order valence-corrected chi connectivity index (χ1v) is 14.5. The predicted molar refractivity (Wildman–Crippen MR) is 157 cm³/mol. The van der Waals surface area contributed by atoms with Crippen molar-refractivity contribution >= 4 is 17.3 Å². The summed E-state index contributed by atoms with van der Waals surface area (Å²) in [5.41, 5.74) is 2.60. The number of carbonyl (C=O) groups is 1. The van der Waals surface area contributed by atoms with Crippen LogP contribution in [0.5, 0.6) is 5.75 Å². The Morgan fingerprint density at radius 1 is 1.10 bits per heavy atom. The van der Waals surface area contributed by atoms with Crippen LogP contribution in [0.1, 0.15) is 24.8 Å². The van der Waals surface area contributed by atoms with E-state index in [0.717, 1.165) is 55.1 Å². The number of urea groups is 1. The Hall–Kier alpha value is -3.75. The maximum absolute atomic E-state index is 14.2. The number of nitrogens with zero attached hydrogens (tertiary/aromatic N) is 3. The number of piperidine rings is 2. The largest absolute Gasteiger partial charge is 0.497 e. The molecule has 6 rings (SSSR count). The Kier molecular flexibility index (Phi) is 7.77. The maximum atomic E-state index is 14.2. The van der Waals surface area contributed by atoms with E-state index >= 15 is 0 Å². The number of aryl methyl sites for hydroxylation is 1. The van der Waals surface area contributed by atoms with Crippen LogP contribution < -0.4 is 20.6 Å². The van der Waals surface area contributed by atoms with Gasteiger partial charge in [0.2, 0.25) is 0 Å². The number of fused-ring (bicyclic) bond motifs is 3. The van der Waals surface area contributed by atoms with E-state index < -0.39 is 5.82 Å². The molecule has 0 radical (unpaired) electrons. The van der Waals surface area contributed by atoms with E-state index in [1.807, 2.05) is 18.2 Å².